The fraction of sp³-hybridized carbons (Fsp3) is 0.200. The summed E-state index contributed by atoms with van der Waals surface area (Å²) in [6.45, 7) is 3.97. The van der Waals surface area contributed by atoms with Crippen molar-refractivity contribution in [3.8, 4) is 0 Å². The number of nitrogens with two attached hydrogens (primary N) is 1. The summed E-state index contributed by atoms with van der Waals surface area (Å²) >= 11 is 1.66. The number of hydrogen-bond acceptors (Lipinski definition) is 4. The van der Waals surface area contributed by atoms with E-state index < -0.39 is 0 Å². The number of thiophene rings is 1. The van der Waals surface area contributed by atoms with E-state index in [9.17, 15) is 4.39 Å². The van der Waals surface area contributed by atoms with Crippen LogP contribution in [0.25, 0.3) is 11.0 Å². The Hall–Kier alpha value is -1.69. The Morgan fingerprint density at radius 2 is 2.10 bits per heavy atom. The summed E-state index contributed by atoms with van der Waals surface area (Å²) in [5, 5.41) is 2.83. The first-order chi connectivity index (χ1) is 9.60. The molecule has 3 rings (SSSR count). The molecule has 2 aromatic heterocycles. The van der Waals surface area contributed by atoms with Gasteiger partial charge in [0.1, 0.15) is 23.2 Å². The van der Waals surface area contributed by atoms with Crippen LogP contribution in [0.3, 0.4) is 0 Å². The predicted molar refractivity (Wildman–Crippen MR) is 79.1 cm³/mol. The molecular weight excluding hydrogens is 275 g/mol. The fourth-order valence-corrected chi connectivity index (χ4v) is 3.16. The highest BCUT2D eigenvalue weighted by Crippen LogP contribution is 2.34. The minimum absolute atomic E-state index is 0.226. The number of rotatable bonds is 3. The first-order valence-corrected chi connectivity index (χ1v) is 7.18. The lowest BCUT2D eigenvalue weighted by Gasteiger charge is -2.12. The average Bonchev–Trinajstić information content (AvgIpc) is 2.97. The van der Waals surface area contributed by atoms with Gasteiger partial charge in [0.05, 0.1) is 0 Å². The van der Waals surface area contributed by atoms with E-state index in [1.54, 1.807) is 17.4 Å². The molecule has 0 radical (unpaired) electrons. The van der Waals surface area contributed by atoms with E-state index in [0.717, 1.165) is 22.3 Å². The Balaban J connectivity index is 2.14. The monoisotopic (exact) mass is 290 g/mol. The molecule has 0 fully saturated rings. The second-order valence-corrected chi connectivity index (χ2v) is 5.94. The van der Waals surface area contributed by atoms with Gasteiger partial charge >= 0.3 is 0 Å². The van der Waals surface area contributed by atoms with Crippen molar-refractivity contribution in [3.05, 3.63) is 57.2 Å². The third-order valence-electron chi connectivity index (χ3n) is 3.45. The van der Waals surface area contributed by atoms with Crippen LogP contribution in [0.2, 0.25) is 0 Å². The molecule has 0 saturated carbocycles. The molecule has 104 valence electrons. The zero-order valence-electron chi connectivity index (χ0n) is 11.2. The quantitative estimate of drug-likeness (QED) is 0.570. The van der Waals surface area contributed by atoms with Crippen LogP contribution in [-0.2, 0) is 0 Å². The molecule has 3 nitrogen and oxygen atoms in total. The molecule has 1 atom stereocenters. The van der Waals surface area contributed by atoms with Crippen LogP contribution >= 0.6 is 11.3 Å². The molecule has 3 N–H and O–H groups in total. The Kier molecular flexibility index (Phi) is 3.33. The standard InChI is InChI=1S/C15H15FN2OS/c1-8-5-10(7-20-8)14(18-17)15-9(2)12-6-11(16)3-4-13(12)19-15/h3-7,14,18H,17H2,1-2H3. The fourth-order valence-electron chi connectivity index (χ4n) is 2.43. The molecule has 5 heteroatoms. The number of hydrogen-bond donors (Lipinski definition) is 2. The van der Waals surface area contributed by atoms with Gasteiger partial charge in [-0.25, -0.2) is 9.82 Å². The van der Waals surface area contributed by atoms with Crippen molar-refractivity contribution in [2.45, 2.75) is 19.9 Å². The van der Waals surface area contributed by atoms with E-state index in [1.807, 2.05) is 19.2 Å². The molecule has 1 aromatic carbocycles. The molecule has 0 aliphatic heterocycles. The Labute approximate surface area is 120 Å². The first kappa shape index (κ1) is 13.3. The van der Waals surface area contributed by atoms with E-state index in [2.05, 4.69) is 11.5 Å². The van der Waals surface area contributed by atoms with Crippen LogP contribution in [0.5, 0.6) is 0 Å². The van der Waals surface area contributed by atoms with E-state index in [1.165, 1.54) is 17.0 Å². The Morgan fingerprint density at radius 3 is 2.75 bits per heavy atom. The molecule has 3 aromatic rings. The Bertz CT molecular complexity index is 762. The summed E-state index contributed by atoms with van der Waals surface area (Å²) in [6.07, 6.45) is 0. The molecule has 2 heterocycles. The third-order valence-corrected chi connectivity index (χ3v) is 4.33. The maximum absolute atomic E-state index is 13.4. The van der Waals surface area contributed by atoms with Crippen LogP contribution in [0.15, 0.2) is 34.1 Å². The summed E-state index contributed by atoms with van der Waals surface area (Å²) in [6, 6.07) is 6.38. The SMILES string of the molecule is Cc1cc(C(NN)c2oc3ccc(F)cc3c2C)cs1. The maximum Gasteiger partial charge on any atom is 0.134 e. The smallest absolute Gasteiger partial charge is 0.134 e. The zero-order chi connectivity index (χ0) is 14.3. The second-order valence-electron chi connectivity index (χ2n) is 4.82. The Morgan fingerprint density at radius 1 is 1.30 bits per heavy atom. The van der Waals surface area contributed by atoms with Crippen LogP contribution in [0, 0.1) is 19.7 Å². The van der Waals surface area contributed by atoms with E-state index in [0.29, 0.717) is 5.58 Å². The summed E-state index contributed by atoms with van der Waals surface area (Å²) in [5.41, 5.74) is 5.42. The summed E-state index contributed by atoms with van der Waals surface area (Å²) in [5.74, 6) is 6.15. The molecule has 0 bridgehead atoms. The first-order valence-electron chi connectivity index (χ1n) is 6.30. The lowest BCUT2D eigenvalue weighted by molar-refractivity contribution is 0.474. The van der Waals surface area contributed by atoms with Crippen LogP contribution in [0.1, 0.15) is 27.8 Å². The topological polar surface area (TPSA) is 51.2 Å². The van der Waals surface area contributed by atoms with Crippen molar-refractivity contribution < 1.29 is 8.81 Å². The van der Waals surface area contributed by atoms with E-state index >= 15 is 0 Å². The number of fused-ring (bicyclic) bond motifs is 1. The molecule has 0 spiro atoms. The van der Waals surface area contributed by atoms with Gasteiger partial charge in [0, 0.05) is 15.8 Å². The predicted octanol–water partition coefficient (Wildman–Crippen LogP) is 3.80. The minimum Gasteiger partial charge on any atom is -0.459 e. The molecule has 0 aliphatic rings. The van der Waals surface area contributed by atoms with Gasteiger partial charge in [0.25, 0.3) is 0 Å². The van der Waals surface area contributed by atoms with Crippen molar-refractivity contribution in [2.24, 2.45) is 5.84 Å². The van der Waals surface area contributed by atoms with Crippen molar-refractivity contribution in [1.82, 2.24) is 5.43 Å². The summed E-state index contributed by atoms with van der Waals surface area (Å²) < 4.78 is 19.2. The van der Waals surface area contributed by atoms with Gasteiger partial charge in [-0.2, -0.15) is 0 Å². The number of furan rings is 1. The normalized spacial score (nSPS) is 13.0. The van der Waals surface area contributed by atoms with Crippen molar-refractivity contribution >= 4 is 22.3 Å². The lowest BCUT2D eigenvalue weighted by Crippen LogP contribution is -2.28. The van der Waals surface area contributed by atoms with E-state index in [4.69, 9.17) is 10.3 Å². The number of halogens is 1. The average molecular weight is 290 g/mol. The van der Waals surface area contributed by atoms with E-state index in [-0.39, 0.29) is 11.9 Å². The van der Waals surface area contributed by atoms with Gasteiger partial charge in [-0.1, -0.05) is 0 Å². The molecule has 1 unspecified atom stereocenters. The highest BCUT2D eigenvalue weighted by atomic mass is 32.1. The van der Waals surface area contributed by atoms with Crippen LogP contribution in [0.4, 0.5) is 4.39 Å². The van der Waals surface area contributed by atoms with Crippen LogP contribution < -0.4 is 11.3 Å². The molecular formula is C15H15FN2OS. The van der Waals surface area contributed by atoms with Crippen LogP contribution in [-0.4, -0.2) is 0 Å². The van der Waals surface area contributed by atoms with Crippen molar-refractivity contribution in [3.63, 3.8) is 0 Å². The number of benzene rings is 1. The van der Waals surface area contributed by atoms with Gasteiger partial charge in [0.15, 0.2) is 0 Å². The molecule has 20 heavy (non-hydrogen) atoms. The highest BCUT2D eigenvalue weighted by Gasteiger charge is 2.22. The summed E-state index contributed by atoms with van der Waals surface area (Å²) in [4.78, 5) is 1.21. The van der Waals surface area contributed by atoms with Gasteiger partial charge in [-0.3, -0.25) is 5.84 Å². The zero-order valence-corrected chi connectivity index (χ0v) is 12.1. The summed E-state index contributed by atoms with van der Waals surface area (Å²) in [7, 11) is 0. The lowest BCUT2D eigenvalue weighted by atomic mass is 10.0. The number of hydrazine groups is 1. The highest BCUT2D eigenvalue weighted by molar-refractivity contribution is 7.10. The third kappa shape index (κ3) is 2.14. The minimum atomic E-state index is -0.267. The van der Waals surface area contributed by atoms with Crippen molar-refractivity contribution in [1.29, 1.82) is 0 Å². The van der Waals surface area contributed by atoms with Gasteiger partial charge in [-0.05, 0) is 49.1 Å². The maximum atomic E-state index is 13.4. The molecule has 0 aliphatic carbocycles. The number of aryl methyl sites for hydroxylation is 2. The van der Waals surface area contributed by atoms with Gasteiger partial charge in [-0.15, -0.1) is 11.3 Å². The van der Waals surface area contributed by atoms with Gasteiger partial charge in [0.2, 0.25) is 0 Å². The van der Waals surface area contributed by atoms with Crippen molar-refractivity contribution in [2.75, 3.05) is 0 Å². The second kappa shape index (κ2) is 5.01. The molecule has 0 amide bonds. The number of nitrogens with one attached hydrogen (secondary N) is 1. The molecule has 0 saturated heterocycles. The largest absolute Gasteiger partial charge is 0.459 e. The van der Waals surface area contributed by atoms with Gasteiger partial charge < -0.3 is 4.42 Å².